The topological polar surface area (TPSA) is 50.7 Å². The number of aliphatic hydroxyl groups is 1. The third-order valence-corrected chi connectivity index (χ3v) is 4.32. The van der Waals surface area contributed by atoms with Gasteiger partial charge in [-0.2, -0.15) is 0 Å². The van der Waals surface area contributed by atoms with Crippen LogP contribution in [0.15, 0.2) is 17.0 Å². The summed E-state index contributed by atoms with van der Waals surface area (Å²) in [4.78, 5) is 1.21. The lowest BCUT2D eigenvalue weighted by molar-refractivity contribution is 0.170. The molecule has 1 aliphatic heterocycles. The van der Waals surface area contributed by atoms with E-state index < -0.39 is 0 Å². The number of ether oxygens (including phenoxy) is 2. The number of thioether (sulfide) groups is 1. The second-order valence-corrected chi connectivity index (χ2v) is 5.65. The predicted molar refractivity (Wildman–Crippen MR) is 81.8 cm³/mol. The molecule has 0 fully saturated rings. The molecular formula is C15H23NO3S. The van der Waals surface area contributed by atoms with Crippen molar-refractivity contribution in [1.29, 1.82) is 0 Å². The van der Waals surface area contributed by atoms with Crippen LogP contribution in [0, 0.1) is 0 Å². The standard InChI is InChI=1S/C15H23NO3S/c1-3-12(4-5-17)16-10-11-8-13-14(9-15(11)20-2)19-7-6-18-13/h8-9,12,16-17H,3-7,10H2,1-2H3. The summed E-state index contributed by atoms with van der Waals surface area (Å²) in [7, 11) is 0. The van der Waals surface area contributed by atoms with Crippen LogP contribution in [0.25, 0.3) is 0 Å². The van der Waals surface area contributed by atoms with Crippen LogP contribution in [-0.4, -0.2) is 37.2 Å². The number of hydrogen-bond donors (Lipinski definition) is 2. The summed E-state index contributed by atoms with van der Waals surface area (Å²) in [5.41, 5.74) is 1.22. The van der Waals surface area contributed by atoms with Crippen molar-refractivity contribution in [2.24, 2.45) is 0 Å². The SMILES string of the molecule is CCC(CCO)NCc1cc2c(cc1SC)OCCO2. The highest BCUT2D eigenvalue weighted by atomic mass is 32.2. The van der Waals surface area contributed by atoms with Gasteiger partial charge in [0.2, 0.25) is 0 Å². The maximum absolute atomic E-state index is 9.04. The normalized spacial score (nSPS) is 15.2. The summed E-state index contributed by atoms with van der Waals surface area (Å²) < 4.78 is 11.3. The number of fused-ring (bicyclic) bond motifs is 1. The van der Waals surface area contributed by atoms with Gasteiger partial charge in [-0.15, -0.1) is 11.8 Å². The molecule has 0 saturated carbocycles. The van der Waals surface area contributed by atoms with Gasteiger partial charge in [0.1, 0.15) is 13.2 Å². The molecular weight excluding hydrogens is 274 g/mol. The number of hydrogen-bond acceptors (Lipinski definition) is 5. The van der Waals surface area contributed by atoms with Crippen molar-refractivity contribution in [3.8, 4) is 11.5 Å². The molecule has 1 aromatic carbocycles. The largest absolute Gasteiger partial charge is 0.486 e. The Bertz CT molecular complexity index is 439. The Hall–Kier alpha value is -0.910. The van der Waals surface area contributed by atoms with E-state index in [0.29, 0.717) is 19.3 Å². The number of rotatable bonds is 7. The van der Waals surface area contributed by atoms with E-state index in [1.165, 1.54) is 10.5 Å². The highest BCUT2D eigenvalue weighted by Crippen LogP contribution is 2.36. The maximum atomic E-state index is 9.04. The molecule has 0 spiro atoms. The molecule has 0 bridgehead atoms. The first-order valence-electron chi connectivity index (χ1n) is 7.09. The molecule has 1 unspecified atom stereocenters. The molecule has 0 aliphatic carbocycles. The summed E-state index contributed by atoms with van der Waals surface area (Å²) in [6.07, 6.45) is 3.87. The lowest BCUT2D eigenvalue weighted by Gasteiger charge is -2.22. The fourth-order valence-electron chi connectivity index (χ4n) is 2.30. The molecule has 112 valence electrons. The van der Waals surface area contributed by atoms with Crippen molar-refractivity contribution in [2.45, 2.75) is 37.2 Å². The first-order valence-corrected chi connectivity index (χ1v) is 8.31. The molecule has 0 radical (unpaired) electrons. The van der Waals surface area contributed by atoms with Crippen molar-refractivity contribution in [1.82, 2.24) is 5.32 Å². The molecule has 0 amide bonds. The van der Waals surface area contributed by atoms with E-state index in [1.807, 2.05) is 0 Å². The Morgan fingerprint density at radius 1 is 1.30 bits per heavy atom. The highest BCUT2D eigenvalue weighted by molar-refractivity contribution is 7.98. The number of benzene rings is 1. The molecule has 1 aromatic rings. The van der Waals surface area contributed by atoms with Gasteiger partial charge < -0.3 is 19.9 Å². The van der Waals surface area contributed by atoms with Gasteiger partial charge >= 0.3 is 0 Å². The zero-order chi connectivity index (χ0) is 14.4. The molecule has 2 N–H and O–H groups in total. The highest BCUT2D eigenvalue weighted by Gasteiger charge is 2.16. The average molecular weight is 297 g/mol. The molecule has 4 nitrogen and oxygen atoms in total. The lowest BCUT2D eigenvalue weighted by Crippen LogP contribution is -2.29. The van der Waals surface area contributed by atoms with E-state index in [1.54, 1.807) is 11.8 Å². The summed E-state index contributed by atoms with van der Waals surface area (Å²) in [5.74, 6) is 1.67. The van der Waals surface area contributed by atoms with E-state index >= 15 is 0 Å². The van der Waals surface area contributed by atoms with E-state index in [0.717, 1.165) is 30.9 Å². The fraction of sp³-hybridized carbons (Fsp3) is 0.600. The van der Waals surface area contributed by atoms with Gasteiger partial charge in [-0.25, -0.2) is 0 Å². The lowest BCUT2D eigenvalue weighted by atomic mass is 10.1. The predicted octanol–water partition coefficient (Wildman–Crippen LogP) is 2.43. The van der Waals surface area contributed by atoms with E-state index in [4.69, 9.17) is 14.6 Å². The summed E-state index contributed by atoms with van der Waals surface area (Å²) in [6.45, 7) is 4.37. The van der Waals surface area contributed by atoms with Gasteiger partial charge in [0.25, 0.3) is 0 Å². The first-order chi connectivity index (χ1) is 9.78. The Kier molecular flexibility index (Phi) is 6.01. The molecule has 0 saturated heterocycles. The third kappa shape index (κ3) is 3.81. The maximum Gasteiger partial charge on any atom is 0.162 e. The van der Waals surface area contributed by atoms with Crippen LogP contribution >= 0.6 is 11.8 Å². The summed E-state index contributed by atoms with van der Waals surface area (Å²) >= 11 is 1.72. The van der Waals surface area contributed by atoms with Crippen LogP contribution in [0.2, 0.25) is 0 Å². The van der Waals surface area contributed by atoms with Crippen molar-refractivity contribution >= 4 is 11.8 Å². The van der Waals surface area contributed by atoms with Crippen molar-refractivity contribution in [3.05, 3.63) is 17.7 Å². The van der Waals surface area contributed by atoms with Crippen molar-refractivity contribution in [3.63, 3.8) is 0 Å². The number of aliphatic hydroxyl groups excluding tert-OH is 1. The van der Waals surface area contributed by atoms with Gasteiger partial charge in [0.05, 0.1) is 0 Å². The quantitative estimate of drug-likeness (QED) is 0.757. The zero-order valence-corrected chi connectivity index (χ0v) is 13.0. The Morgan fingerprint density at radius 2 is 2.00 bits per heavy atom. The molecule has 0 aromatic heterocycles. The summed E-state index contributed by atoms with van der Waals surface area (Å²) in [5, 5.41) is 12.5. The van der Waals surface area contributed by atoms with Gasteiger partial charge in [-0.1, -0.05) is 6.92 Å². The molecule has 20 heavy (non-hydrogen) atoms. The van der Waals surface area contributed by atoms with Gasteiger partial charge in [0.15, 0.2) is 11.5 Å². The van der Waals surface area contributed by atoms with Crippen LogP contribution in [0.4, 0.5) is 0 Å². The van der Waals surface area contributed by atoms with Gasteiger partial charge in [-0.05, 0) is 36.8 Å². The Balaban J connectivity index is 2.09. The molecule has 5 heteroatoms. The minimum atomic E-state index is 0.224. The smallest absolute Gasteiger partial charge is 0.162 e. The van der Waals surface area contributed by atoms with Crippen LogP contribution in [0.5, 0.6) is 11.5 Å². The van der Waals surface area contributed by atoms with Crippen LogP contribution in [-0.2, 0) is 6.54 Å². The molecule has 1 heterocycles. The first kappa shape index (κ1) is 15.5. The van der Waals surface area contributed by atoms with E-state index in [2.05, 4.69) is 30.6 Å². The minimum absolute atomic E-state index is 0.224. The van der Waals surface area contributed by atoms with Gasteiger partial charge in [0, 0.05) is 24.1 Å². The van der Waals surface area contributed by atoms with Gasteiger partial charge in [-0.3, -0.25) is 0 Å². The van der Waals surface area contributed by atoms with E-state index in [9.17, 15) is 0 Å². The molecule has 1 aliphatic rings. The third-order valence-electron chi connectivity index (χ3n) is 3.50. The Labute approximate surface area is 124 Å². The molecule has 1 atom stereocenters. The van der Waals surface area contributed by atoms with Crippen LogP contribution in [0.3, 0.4) is 0 Å². The van der Waals surface area contributed by atoms with E-state index in [-0.39, 0.29) is 6.61 Å². The van der Waals surface area contributed by atoms with Crippen LogP contribution < -0.4 is 14.8 Å². The summed E-state index contributed by atoms with van der Waals surface area (Å²) in [6, 6.07) is 4.48. The second kappa shape index (κ2) is 7.76. The minimum Gasteiger partial charge on any atom is -0.486 e. The molecule has 2 rings (SSSR count). The second-order valence-electron chi connectivity index (χ2n) is 4.81. The monoisotopic (exact) mass is 297 g/mol. The Morgan fingerprint density at radius 3 is 2.60 bits per heavy atom. The van der Waals surface area contributed by atoms with Crippen molar-refractivity contribution < 1.29 is 14.6 Å². The fourth-order valence-corrected chi connectivity index (χ4v) is 2.92. The van der Waals surface area contributed by atoms with Crippen molar-refractivity contribution in [2.75, 3.05) is 26.1 Å². The number of nitrogens with one attached hydrogen (secondary N) is 1. The van der Waals surface area contributed by atoms with Crippen LogP contribution in [0.1, 0.15) is 25.3 Å². The average Bonchev–Trinajstić information content (AvgIpc) is 2.50. The zero-order valence-electron chi connectivity index (χ0n) is 12.1.